The second-order valence-corrected chi connectivity index (χ2v) is 6.45. The number of ketones is 1. The molecule has 1 aromatic rings. The summed E-state index contributed by atoms with van der Waals surface area (Å²) in [6, 6.07) is 3.68. The molecule has 4 heteroatoms. The van der Waals surface area contributed by atoms with Crippen LogP contribution in [0.3, 0.4) is 0 Å². The van der Waals surface area contributed by atoms with Crippen molar-refractivity contribution in [2.45, 2.75) is 27.7 Å². The van der Waals surface area contributed by atoms with E-state index in [1.54, 1.807) is 11.0 Å². The lowest BCUT2D eigenvalue weighted by Gasteiger charge is -2.26. The first-order valence-electron chi connectivity index (χ1n) is 6.90. The van der Waals surface area contributed by atoms with Crippen molar-refractivity contribution in [3.63, 3.8) is 0 Å². The molecule has 1 heterocycles. The van der Waals surface area contributed by atoms with Gasteiger partial charge in [0.1, 0.15) is 0 Å². The van der Waals surface area contributed by atoms with Crippen molar-refractivity contribution in [3.05, 3.63) is 28.8 Å². The fourth-order valence-electron chi connectivity index (χ4n) is 2.52. The van der Waals surface area contributed by atoms with Crippen molar-refractivity contribution in [2.24, 2.45) is 11.8 Å². The van der Waals surface area contributed by atoms with Crippen molar-refractivity contribution in [1.82, 2.24) is 0 Å². The Morgan fingerprint density at radius 1 is 1.20 bits per heavy atom. The third-order valence-electron chi connectivity index (χ3n) is 4.21. The maximum atomic E-state index is 12.3. The van der Waals surface area contributed by atoms with E-state index in [1.165, 1.54) is 0 Å². The predicted octanol–water partition coefficient (Wildman–Crippen LogP) is 3.50. The number of hydrogen-bond acceptors (Lipinski definition) is 2. The van der Waals surface area contributed by atoms with Gasteiger partial charge in [0.2, 0.25) is 0 Å². The Hall–Kier alpha value is -1.16. The molecule has 1 atom stereocenters. The minimum absolute atomic E-state index is 0.331. The Kier molecular flexibility index (Phi) is 4.33. The van der Waals surface area contributed by atoms with Gasteiger partial charge in [-0.25, -0.2) is 0 Å². The summed E-state index contributed by atoms with van der Waals surface area (Å²) in [6.45, 7) is 8.85. The number of hydrogen-bond donors (Lipinski definition) is 0. The maximum Gasteiger partial charge on any atom is 0.299 e. The smallest absolute Gasteiger partial charge is 0.299 e. The standard InChI is InChI=1S/C16H20BrNO2/c1-9(2)12(7-17)8-18-14-11(4)10(3)5-6-13(14)15(19)16(18)20/h5-6,9,12H,7-8H2,1-4H3. The molecule has 0 radical (unpaired) electrons. The lowest BCUT2D eigenvalue weighted by atomic mass is 9.97. The molecule has 20 heavy (non-hydrogen) atoms. The fourth-order valence-corrected chi connectivity index (χ4v) is 3.47. The van der Waals surface area contributed by atoms with Crippen LogP contribution in [0.1, 0.15) is 35.3 Å². The van der Waals surface area contributed by atoms with Crippen LogP contribution >= 0.6 is 15.9 Å². The molecule has 1 unspecified atom stereocenters. The number of halogens is 1. The highest BCUT2D eigenvalue weighted by Gasteiger charge is 2.38. The Balaban J connectivity index is 2.44. The molecule has 0 fully saturated rings. The summed E-state index contributed by atoms with van der Waals surface area (Å²) < 4.78 is 0. The number of alkyl halides is 1. The van der Waals surface area contributed by atoms with Gasteiger partial charge < -0.3 is 4.90 Å². The number of fused-ring (bicyclic) bond motifs is 1. The molecule has 0 spiro atoms. The van der Waals surface area contributed by atoms with E-state index >= 15 is 0 Å². The minimum Gasteiger partial charge on any atom is -0.304 e. The van der Waals surface area contributed by atoms with Gasteiger partial charge in [-0.3, -0.25) is 9.59 Å². The first-order chi connectivity index (χ1) is 9.38. The third-order valence-corrected chi connectivity index (χ3v) is 5.05. The molecule has 3 nitrogen and oxygen atoms in total. The monoisotopic (exact) mass is 337 g/mol. The summed E-state index contributed by atoms with van der Waals surface area (Å²) in [5.74, 6) is 0.0181. The molecule has 0 N–H and O–H groups in total. The van der Waals surface area contributed by atoms with Gasteiger partial charge in [-0.05, 0) is 42.9 Å². The van der Waals surface area contributed by atoms with Crippen LogP contribution in [0.5, 0.6) is 0 Å². The van der Waals surface area contributed by atoms with Gasteiger partial charge in [0.05, 0.1) is 11.3 Å². The minimum atomic E-state index is -0.389. The zero-order chi connectivity index (χ0) is 15.0. The van der Waals surface area contributed by atoms with Gasteiger partial charge in [-0.1, -0.05) is 35.8 Å². The molecule has 0 saturated carbocycles. The molecule has 0 aromatic heterocycles. The third kappa shape index (κ3) is 2.41. The molecule has 1 aromatic carbocycles. The first-order valence-corrected chi connectivity index (χ1v) is 8.03. The van der Waals surface area contributed by atoms with Crippen LogP contribution in [-0.4, -0.2) is 23.6 Å². The van der Waals surface area contributed by atoms with Crippen LogP contribution < -0.4 is 4.90 Å². The number of anilines is 1. The van der Waals surface area contributed by atoms with Gasteiger partial charge >= 0.3 is 0 Å². The molecule has 1 aliphatic heterocycles. The zero-order valence-corrected chi connectivity index (χ0v) is 14.0. The number of benzene rings is 1. The van der Waals surface area contributed by atoms with Crippen molar-refractivity contribution < 1.29 is 9.59 Å². The molecule has 0 bridgehead atoms. The largest absolute Gasteiger partial charge is 0.304 e. The second kappa shape index (κ2) is 5.68. The summed E-state index contributed by atoms with van der Waals surface area (Å²) in [7, 11) is 0. The average molecular weight is 338 g/mol. The van der Waals surface area contributed by atoms with Crippen molar-refractivity contribution in [2.75, 3.05) is 16.8 Å². The van der Waals surface area contributed by atoms with E-state index in [2.05, 4.69) is 29.8 Å². The van der Waals surface area contributed by atoms with Crippen LogP contribution in [0.2, 0.25) is 0 Å². The number of carbonyl (C=O) groups excluding carboxylic acids is 2. The SMILES string of the molecule is Cc1ccc2c(c1C)N(CC(CBr)C(C)C)C(=O)C2=O. The fraction of sp³-hybridized carbons (Fsp3) is 0.500. The Morgan fingerprint density at radius 3 is 2.40 bits per heavy atom. The Labute approximate surface area is 128 Å². The second-order valence-electron chi connectivity index (χ2n) is 5.81. The van der Waals surface area contributed by atoms with Crippen molar-refractivity contribution >= 4 is 33.3 Å². The summed E-state index contributed by atoms with van der Waals surface area (Å²) in [5, 5.41) is 0.822. The average Bonchev–Trinajstić information content (AvgIpc) is 2.64. The number of carbonyl (C=O) groups is 2. The Bertz CT molecular complexity index is 566. The van der Waals surface area contributed by atoms with Crippen LogP contribution in [-0.2, 0) is 4.79 Å². The summed E-state index contributed by atoms with van der Waals surface area (Å²) >= 11 is 3.51. The first kappa shape index (κ1) is 15.2. The summed E-state index contributed by atoms with van der Waals surface area (Å²) in [5.41, 5.74) is 3.50. The Morgan fingerprint density at radius 2 is 1.85 bits per heavy atom. The maximum absolute atomic E-state index is 12.3. The molecule has 1 amide bonds. The topological polar surface area (TPSA) is 37.4 Å². The normalized spacial score (nSPS) is 16.0. The molecule has 2 rings (SSSR count). The number of amides is 1. The number of rotatable bonds is 4. The van der Waals surface area contributed by atoms with Crippen LogP contribution in [0.15, 0.2) is 12.1 Å². The summed E-state index contributed by atoms with van der Waals surface area (Å²) in [4.78, 5) is 26.0. The molecule has 1 aliphatic rings. The van der Waals surface area contributed by atoms with Gasteiger partial charge in [-0.15, -0.1) is 0 Å². The number of aryl methyl sites for hydroxylation is 1. The van der Waals surface area contributed by atoms with Gasteiger partial charge in [-0.2, -0.15) is 0 Å². The number of nitrogens with zero attached hydrogens (tertiary/aromatic N) is 1. The van der Waals surface area contributed by atoms with Gasteiger partial charge in [0, 0.05) is 11.9 Å². The van der Waals surface area contributed by atoms with E-state index in [0.717, 1.165) is 22.1 Å². The molecule has 0 saturated heterocycles. The lowest BCUT2D eigenvalue weighted by Crippen LogP contribution is -2.36. The van der Waals surface area contributed by atoms with Gasteiger partial charge in [0.25, 0.3) is 11.7 Å². The van der Waals surface area contributed by atoms with E-state index in [1.807, 2.05) is 19.9 Å². The van der Waals surface area contributed by atoms with Crippen molar-refractivity contribution in [1.29, 1.82) is 0 Å². The van der Waals surface area contributed by atoms with Gasteiger partial charge in [0.15, 0.2) is 0 Å². The molecule has 108 valence electrons. The van der Waals surface area contributed by atoms with Crippen LogP contribution in [0.4, 0.5) is 5.69 Å². The predicted molar refractivity (Wildman–Crippen MR) is 84.7 cm³/mol. The van der Waals surface area contributed by atoms with E-state index in [4.69, 9.17) is 0 Å². The van der Waals surface area contributed by atoms with Crippen LogP contribution in [0, 0.1) is 25.7 Å². The molecular formula is C16H20BrNO2. The van der Waals surface area contributed by atoms with E-state index in [-0.39, 0.29) is 11.7 Å². The zero-order valence-electron chi connectivity index (χ0n) is 12.4. The highest BCUT2D eigenvalue weighted by Crippen LogP contribution is 2.35. The van der Waals surface area contributed by atoms with Crippen molar-refractivity contribution in [3.8, 4) is 0 Å². The summed E-state index contributed by atoms with van der Waals surface area (Å²) in [6.07, 6.45) is 0. The van der Waals surface area contributed by atoms with E-state index < -0.39 is 0 Å². The molecular weight excluding hydrogens is 318 g/mol. The lowest BCUT2D eigenvalue weighted by molar-refractivity contribution is -0.114. The quantitative estimate of drug-likeness (QED) is 0.622. The number of Topliss-reactive ketones (excluding diaryl/α,β-unsaturated/α-hetero) is 1. The highest BCUT2D eigenvalue weighted by atomic mass is 79.9. The highest BCUT2D eigenvalue weighted by molar-refractivity contribution is 9.09. The van der Waals surface area contributed by atoms with E-state index in [9.17, 15) is 9.59 Å². The van der Waals surface area contributed by atoms with Crippen LogP contribution in [0.25, 0.3) is 0 Å². The molecule has 0 aliphatic carbocycles. The van der Waals surface area contributed by atoms with E-state index in [0.29, 0.717) is 23.9 Å².